The molecule has 6 nitrogen and oxygen atoms in total. The summed E-state index contributed by atoms with van der Waals surface area (Å²) in [6.45, 7) is 2.56. The van der Waals surface area contributed by atoms with E-state index in [2.05, 4.69) is 9.82 Å². The number of ether oxygens (including phenoxy) is 1. The number of nitrogens with zero attached hydrogens (tertiary/aromatic N) is 2. The van der Waals surface area contributed by atoms with Gasteiger partial charge in [-0.2, -0.15) is 5.10 Å². The van der Waals surface area contributed by atoms with Crippen LogP contribution in [0.2, 0.25) is 0 Å². The molecule has 27 heavy (non-hydrogen) atoms. The zero-order valence-corrected chi connectivity index (χ0v) is 16.2. The van der Waals surface area contributed by atoms with Gasteiger partial charge in [0, 0.05) is 12.7 Å². The predicted octanol–water partition coefficient (Wildman–Crippen LogP) is 2.77. The molecule has 1 aromatic heterocycles. The number of methoxy groups -OCH3 is 1. The van der Waals surface area contributed by atoms with Crippen LogP contribution < -0.4 is 9.46 Å². The second-order valence-electron chi connectivity index (χ2n) is 6.26. The minimum absolute atomic E-state index is 0.216. The van der Waals surface area contributed by atoms with E-state index in [0.29, 0.717) is 25.2 Å². The summed E-state index contributed by atoms with van der Waals surface area (Å²) >= 11 is 0. The van der Waals surface area contributed by atoms with Gasteiger partial charge in [-0.1, -0.05) is 42.5 Å². The predicted molar refractivity (Wildman–Crippen MR) is 104 cm³/mol. The van der Waals surface area contributed by atoms with Crippen LogP contribution in [-0.4, -0.2) is 31.9 Å². The molecule has 0 fully saturated rings. The van der Waals surface area contributed by atoms with Gasteiger partial charge in [0.15, 0.2) is 0 Å². The van der Waals surface area contributed by atoms with Gasteiger partial charge in [-0.3, -0.25) is 4.68 Å². The second-order valence-corrected chi connectivity index (χ2v) is 7.99. The van der Waals surface area contributed by atoms with Gasteiger partial charge >= 0.3 is 0 Å². The molecule has 2 aromatic carbocycles. The van der Waals surface area contributed by atoms with Crippen LogP contribution >= 0.6 is 0 Å². The van der Waals surface area contributed by atoms with E-state index in [1.807, 2.05) is 54.6 Å². The molecule has 3 rings (SSSR count). The third kappa shape index (κ3) is 4.96. The van der Waals surface area contributed by atoms with Crippen molar-refractivity contribution in [3.63, 3.8) is 0 Å². The summed E-state index contributed by atoms with van der Waals surface area (Å²) in [6, 6.07) is 17.4. The summed E-state index contributed by atoms with van der Waals surface area (Å²) < 4.78 is 34.7. The number of hydrogen-bond donors (Lipinski definition) is 1. The van der Waals surface area contributed by atoms with E-state index in [9.17, 15) is 8.42 Å². The largest absolute Gasteiger partial charge is 0.497 e. The number of aromatic nitrogens is 2. The number of rotatable bonds is 8. The van der Waals surface area contributed by atoms with Crippen molar-refractivity contribution < 1.29 is 13.2 Å². The van der Waals surface area contributed by atoms with Gasteiger partial charge < -0.3 is 4.74 Å². The van der Waals surface area contributed by atoms with Crippen LogP contribution in [0, 0.1) is 6.92 Å². The van der Waals surface area contributed by atoms with Gasteiger partial charge in [0.2, 0.25) is 10.0 Å². The smallest absolute Gasteiger partial charge is 0.243 e. The van der Waals surface area contributed by atoms with Gasteiger partial charge in [0.1, 0.15) is 10.6 Å². The number of hydrogen-bond acceptors (Lipinski definition) is 4. The molecular weight excluding hydrogens is 362 g/mol. The average molecular weight is 385 g/mol. The van der Waals surface area contributed by atoms with Crippen molar-refractivity contribution in [2.24, 2.45) is 0 Å². The standard InChI is InChI=1S/C20H23N3O3S/c1-16-20(15-23(22-16)14-18-6-4-3-5-7-18)27(24,25)21-13-12-17-8-10-19(26-2)11-9-17/h3-11,15,21H,12-14H2,1-2H3. The monoisotopic (exact) mass is 385 g/mol. The molecule has 0 saturated heterocycles. The van der Waals surface area contributed by atoms with Crippen molar-refractivity contribution in [3.8, 4) is 5.75 Å². The average Bonchev–Trinajstić information content (AvgIpc) is 3.04. The van der Waals surface area contributed by atoms with Gasteiger partial charge in [0.05, 0.1) is 19.3 Å². The fourth-order valence-electron chi connectivity index (χ4n) is 2.81. The lowest BCUT2D eigenvalue weighted by atomic mass is 10.1. The van der Waals surface area contributed by atoms with Crippen LogP contribution in [0.25, 0.3) is 0 Å². The first-order valence-electron chi connectivity index (χ1n) is 8.68. The maximum atomic E-state index is 12.6. The summed E-state index contributed by atoms with van der Waals surface area (Å²) in [7, 11) is -1.99. The summed E-state index contributed by atoms with van der Waals surface area (Å²) in [5, 5.41) is 4.34. The van der Waals surface area contributed by atoms with E-state index in [1.165, 1.54) is 0 Å². The summed E-state index contributed by atoms with van der Waals surface area (Å²) in [6.07, 6.45) is 2.18. The Morgan fingerprint density at radius 3 is 2.41 bits per heavy atom. The zero-order valence-electron chi connectivity index (χ0n) is 15.4. The lowest BCUT2D eigenvalue weighted by Crippen LogP contribution is -2.26. The minimum Gasteiger partial charge on any atom is -0.497 e. The quantitative estimate of drug-likeness (QED) is 0.647. The molecule has 3 aromatic rings. The summed E-state index contributed by atoms with van der Waals surface area (Å²) in [5.74, 6) is 0.779. The molecule has 1 N–H and O–H groups in total. The zero-order chi connectivity index (χ0) is 19.3. The molecule has 0 aliphatic heterocycles. The number of benzene rings is 2. The fraction of sp³-hybridized carbons (Fsp3) is 0.250. The Morgan fingerprint density at radius 2 is 1.74 bits per heavy atom. The van der Waals surface area contributed by atoms with Crippen molar-refractivity contribution in [2.45, 2.75) is 24.8 Å². The Hall–Kier alpha value is -2.64. The van der Waals surface area contributed by atoms with Crippen LogP contribution in [0.4, 0.5) is 0 Å². The molecule has 0 unspecified atom stereocenters. The highest BCUT2D eigenvalue weighted by atomic mass is 32.2. The highest BCUT2D eigenvalue weighted by molar-refractivity contribution is 7.89. The Morgan fingerprint density at radius 1 is 1.04 bits per heavy atom. The normalized spacial score (nSPS) is 11.5. The van der Waals surface area contributed by atoms with E-state index >= 15 is 0 Å². The molecule has 7 heteroatoms. The third-order valence-electron chi connectivity index (χ3n) is 4.24. The highest BCUT2D eigenvalue weighted by Gasteiger charge is 2.20. The fourth-order valence-corrected chi connectivity index (χ4v) is 4.03. The van der Waals surface area contributed by atoms with Crippen molar-refractivity contribution in [3.05, 3.63) is 77.6 Å². The first-order chi connectivity index (χ1) is 13.0. The topological polar surface area (TPSA) is 73.2 Å². The van der Waals surface area contributed by atoms with Gasteiger partial charge in [-0.05, 0) is 36.6 Å². The molecule has 0 saturated carbocycles. The molecule has 0 radical (unpaired) electrons. The van der Waals surface area contributed by atoms with E-state index in [1.54, 1.807) is 24.9 Å². The summed E-state index contributed by atoms with van der Waals surface area (Å²) in [4.78, 5) is 0.216. The van der Waals surface area contributed by atoms with E-state index < -0.39 is 10.0 Å². The maximum Gasteiger partial charge on any atom is 0.243 e. The molecule has 0 aliphatic carbocycles. The molecule has 1 heterocycles. The van der Waals surface area contributed by atoms with Crippen molar-refractivity contribution in [1.29, 1.82) is 0 Å². The van der Waals surface area contributed by atoms with Crippen molar-refractivity contribution in [2.75, 3.05) is 13.7 Å². The van der Waals surface area contributed by atoms with Gasteiger partial charge in [-0.25, -0.2) is 13.1 Å². The first-order valence-corrected chi connectivity index (χ1v) is 10.2. The van der Waals surface area contributed by atoms with Crippen LogP contribution in [0.15, 0.2) is 65.7 Å². The Balaban J connectivity index is 1.63. The van der Waals surface area contributed by atoms with Crippen molar-refractivity contribution >= 4 is 10.0 Å². The SMILES string of the molecule is COc1ccc(CCNS(=O)(=O)c2cn(Cc3ccccc3)nc2C)cc1. The molecule has 0 bridgehead atoms. The second kappa shape index (κ2) is 8.37. The minimum atomic E-state index is -3.60. The van der Waals surface area contributed by atoms with Gasteiger partial charge in [-0.15, -0.1) is 0 Å². The van der Waals surface area contributed by atoms with Crippen molar-refractivity contribution in [1.82, 2.24) is 14.5 Å². The van der Waals surface area contributed by atoms with Gasteiger partial charge in [0.25, 0.3) is 0 Å². The number of sulfonamides is 1. The van der Waals surface area contributed by atoms with Crippen LogP contribution in [0.1, 0.15) is 16.8 Å². The van der Waals surface area contributed by atoms with E-state index in [0.717, 1.165) is 16.9 Å². The summed E-state index contributed by atoms with van der Waals surface area (Å²) in [5.41, 5.74) is 2.59. The van der Waals surface area contributed by atoms with Crippen LogP contribution in [0.5, 0.6) is 5.75 Å². The number of nitrogens with one attached hydrogen (secondary N) is 1. The molecule has 0 amide bonds. The first kappa shape index (κ1) is 19.1. The number of aryl methyl sites for hydroxylation is 1. The Kier molecular flexibility index (Phi) is 5.93. The molecular formula is C20H23N3O3S. The molecule has 0 atom stereocenters. The van der Waals surface area contributed by atoms with Crippen LogP contribution in [-0.2, 0) is 23.0 Å². The highest BCUT2D eigenvalue weighted by Crippen LogP contribution is 2.15. The van der Waals surface area contributed by atoms with E-state index in [-0.39, 0.29) is 4.90 Å². The van der Waals surface area contributed by atoms with Crippen LogP contribution in [0.3, 0.4) is 0 Å². The maximum absolute atomic E-state index is 12.6. The van der Waals surface area contributed by atoms with E-state index in [4.69, 9.17) is 4.74 Å². The lowest BCUT2D eigenvalue weighted by Gasteiger charge is -2.06. The Bertz CT molecular complexity index is 981. The Labute approximate surface area is 159 Å². The third-order valence-corrected chi connectivity index (χ3v) is 5.81. The molecule has 0 aliphatic rings. The molecule has 142 valence electrons. The lowest BCUT2D eigenvalue weighted by molar-refractivity contribution is 0.414. The molecule has 0 spiro atoms.